The Morgan fingerprint density at radius 3 is 2.84 bits per heavy atom. The second-order valence-electron chi connectivity index (χ2n) is 7.81. The molecule has 1 aliphatic rings. The SMILES string of the molecule is Cc1cnc2nc3c(n2c1)-c1cnc(N)c(n1)O[C@H](C)c1cc(F)ccc1C(=O)N(C)C3. The van der Waals surface area contributed by atoms with E-state index in [0.29, 0.717) is 34.0 Å². The predicted molar refractivity (Wildman–Crippen MR) is 114 cm³/mol. The zero-order valence-corrected chi connectivity index (χ0v) is 17.7. The van der Waals surface area contributed by atoms with Crippen LogP contribution < -0.4 is 10.5 Å². The van der Waals surface area contributed by atoms with Crippen molar-refractivity contribution in [3.05, 3.63) is 65.0 Å². The summed E-state index contributed by atoms with van der Waals surface area (Å²) in [7, 11) is 1.67. The standard InChI is InChI=1S/C22H20FN7O2/c1-11-7-26-22-28-17-10-29(3)21(31)14-5-4-13(23)6-15(14)12(2)32-20-19(24)25-8-16(27-20)18(17)30(22)9-11/h4-9,12H,10H2,1-3H3,(H2,24,25)/t12-/m1/s1. The van der Waals surface area contributed by atoms with E-state index in [1.165, 1.54) is 29.3 Å². The number of aryl methyl sites for hydroxylation is 1. The monoisotopic (exact) mass is 433 g/mol. The molecule has 0 saturated carbocycles. The van der Waals surface area contributed by atoms with Crippen molar-refractivity contribution >= 4 is 17.5 Å². The summed E-state index contributed by atoms with van der Waals surface area (Å²) in [5.41, 5.74) is 9.36. The van der Waals surface area contributed by atoms with E-state index in [4.69, 9.17) is 10.5 Å². The van der Waals surface area contributed by atoms with Gasteiger partial charge in [-0.1, -0.05) is 0 Å². The summed E-state index contributed by atoms with van der Waals surface area (Å²) in [4.78, 5) is 32.7. The molecule has 1 amide bonds. The Hall–Kier alpha value is -4.08. The molecule has 1 atom stereocenters. The lowest BCUT2D eigenvalue weighted by molar-refractivity contribution is 0.0778. The molecule has 10 heteroatoms. The molecule has 2 bridgehead atoms. The van der Waals surface area contributed by atoms with Gasteiger partial charge >= 0.3 is 0 Å². The first kappa shape index (κ1) is 19.9. The number of rotatable bonds is 0. The van der Waals surface area contributed by atoms with Gasteiger partial charge in [-0.25, -0.2) is 24.3 Å². The van der Waals surface area contributed by atoms with Gasteiger partial charge in [0.2, 0.25) is 5.78 Å². The van der Waals surface area contributed by atoms with E-state index in [2.05, 4.69) is 19.9 Å². The highest BCUT2D eigenvalue weighted by atomic mass is 19.1. The molecule has 0 radical (unpaired) electrons. The summed E-state index contributed by atoms with van der Waals surface area (Å²) in [6.07, 6.45) is 4.44. The molecule has 4 heterocycles. The third-order valence-electron chi connectivity index (χ3n) is 5.39. The molecule has 1 aromatic carbocycles. The van der Waals surface area contributed by atoms with E-state index in [1.807, 2.05) is 17.5 Å². The molecule has 0 fully saturated rings. The number of hydrogen-bond donors (Lipinski definition) is 1. The third-order valence-corrected chi connectivity index (χ3v) is 5.39. The van der Waals surface area contributed by atoms with Gasteiger partial charge in [-0.3, -0.25) is 9.20 Å². The van der Waals surface area contributed by atoms with Gasteiger partial charge in [0.1, 0.15) is 17.6 Å². The number of carbonyl (C=O) groups is 1. The zero-order chi connectivity index (χ0) is 22.6. The predicted octanol–water partition coefficient (Wildman–Crippen LogP) is 2.94. The van der Waals surface area contributed by atoms with Crippen LogP contribution in [0.15, 0.2) is 36.8 Å². The van der Waals surface area contributed by atoms with Gasteiger partial charge in [-0.15, -0.1) is 0 Å². The molecule has 2 N–H and O–H groups in total. The van der Waals surface area contributed by atoms with Crippen LogP contribution in [0.25, 0.3) is 17.2 Å². The van der Waals surface area contributed by atoms with Crippen LogP contribution in [0.1, 0.15) is 40.2 Å². The van der Waals surface area contributed by atoms with Crippen LogP contribution >= 0.6 is 0 Å². The number of nitrogen functional groups attached to an aromatic ring is 1. The number of carbonyl (C=O) groups excluding carboxylic acids is 1. The summed E-state index contributed by atoms with van der Waals surface area (Å²) < 4.78 is 21.8. The van der Waals surface area contributed by atoms with Gasteiger partial charge in [-0.05, 0) is 37.6 Å². The normalized spacial score (nSPS) is 16.1. The highest BCUT2D eigenvalue weighted by Gasteiger charge is 2.26. The van der Waals surface area contributed by atoms with Crippen molar-refractivity contribution in [3.63, 3.8) is 0 Å². The molecule has 9 nitrogen and oxygen atoms in total. The van der Waals surface area contributed by atoms with Crippen molar-refractivity contribution in [3.8, 4) is 17.3 Å². The van der Waals surface area contributed by atoms with Crippen LogP contribution in [0.2, 0.25) is 0 Å². The number of aromatic nitrogens is 5. The summed E-state index contributed by atoms with van der Waals surface area (Å²) >= 11 is 0. The molecular formula is C22H20FN7O2. The molecule has 4 aromatic rings. The van der Waals surface area contributed by atoms with Crippen molar-refractivity contribution in [1.82, 2.24) is 29.2 Å². The number of amides is 1. The number of nitrogens with two attached hydrogens (primary N) is 1. The Morgan fingerprint density at radius 1 is 1.22 bits per heavy atom. The van der Waals surface area contributed by atoms with E-state index >= 15 is 0 Å². The summed E-state index contributed by atoms with van der Waals surface area (Å²) in [5.74, 6) is -0.116. The minimum atomic E-state index is -0.699. The first-order valence-electron chi connectivity index (χ1n) is 10.00. The molecule has 0 saturated heterocycles. The van der Waals surface area contributed by atoms with E-state index in [0.717, 1.165) is 5.56 Å². The van der Waals surface area contributed by atoms with Gasteiger partial charge in [0.25, 0.3) is 11.8 Å². The molecule has 3 aromatic heterocycles. The molecular weight excluding hydrogens is 413 g/mol. The number of hydrogen-bond acceptors (Lipinski definition) is 7. The molecule has 1 aliphatic heterocycles. The van der Waals surface area contributed by atoms with Crippen molar-refractivity contribution in [2.24, 2.45) is 0 Å². The summed E-state index contributed by atoms with van der Waals surface area (Å²) in [5, 5.41) is 0. The average Bonchev–Trinajstić information content (AvgIpc) is 3.11. The fourth-order valence-electron chi connectivity index (χ4n) is 3.84. The Balaban J connectivity index is 1.78. The highest BCUT2D eigenvalue weighted by Crippen LogP contribution is 2.32. The Bertz CT molecular complexity index is 1380. The molecule has 0 spiro atoms. The quantitative estimate of drug-likeness (QED) is 0.454. The minimum Gasteiger partial charge on any atom is -0.467 e. The topological polar surface area (TPSA) is 112 Å². The van der Waals surface area contributed by atoms with Crippen molar-refractivity contribution < 1.29 is 13.9 Å². The largest absolute Gasteiger partial charge is 0.467 e. The van der Waals surface area contributed by atoms with Crippen LogP contribution in [0.4, 0.5) is 10.2 Å². The number of ether oxygens (including phenoxy) is 1. The number of imidazole rings is 1. The zero-order valence-electron chi connectivity index (χ0n) is 17.7. The fraction of sp³-hybridized carbons (Fsp3) is 0.227. The number of benzene rings is 1. The van der Waals surface area contributed by atoms with Crippen LogP contribution in [0.3, 0.4) is 0 Å². The maximum absolute atomic E-state index is 14.0. The third kappa shape index (κ3) is 3.20. The van der Waals surface area contributed by atoms with E-state index in [-0.39, 0.29) is 24.1 Å². The van der Waals surface area contributed by atoms with Crippen molar-refractivity contribution in [2.45, 2.75) is 26.5 Å². The summed E-state index contributed by atoms with van der Waals surface area (Å²) in [6.45, 7) is 3.81. The molecule has 32 heavy (non-hydrogen) atoms. The lowest BCUT2D eigenvalue weighted by atomic mass is 10.0. The van der Waals surface area contributed by atoms with Gasteiger partial charge < -0.3 is 15.4 Å². The van der Waals surface area contributed by atoms with Gasteiger partial charge in [0.15, 0.2) is 5.82 Å². The molecule has 5 rings (SSSR count). The summed E-state index contributed by atoms with van der Waals surface area (Å²) in [6, 6.07) is 3.99. The Kier molecular flexibility index (Phi) is 4.50. The van der Waals surface area contributed by atoms with E-state index in [9.17, 15) is 9.18 Å². The molecule has 162 valence electrons. The number of fused-ring (bicyclic) bond motifs is 7. The van der Waals surface area contributed by atoms with E-state index in [1.54, 1.807) is 20.2 Å². The van der Waals surface area contributed by atoms with Crippen molar-refractivity contribution in [1.29, 1.82) is 0 Å². The first-order chi connectivity index (χ1) is 15.3. The number of halogens is 1. The second-order valence-corrected chi connectivity index (χ2v) is 7.81. The fourth-order valence-corrected chi connectivity index (χ4v) is 3.84. The number of nitrogens with zero attached hydrogens (tertiary/aromatic N) is 6. The van der Waals surface area contributed by atoms with Crippen LogP contribution in [-0.2, 0) is 6.54 Å². The van der Waals surface area contributed by atoms with Crippen LogP contribution in [-0.4, -0.2) is 42.2 Å². The van der Waals surface area contributed by atoms with E-state index < -0.39 is 11.9 Å². The number of anilines is 1. The van der Waals surface area contributed by atoms with Crippen LogP contribution in [0.5, 0.6) is 5.88 Å². The van der Waals surface area contributed by atoms with Crippen molar-refractivity contribution in [2.75, 3.05) is 12.8 Å². The van der Waals surface area contributed by atoms with Crippen LogP contribution in [0, 0.1) is 12.7 Å². The Morgan fingerprint density at radius 2 is 2.03 bits per heavy atom. The van der Waals surface area contributed by atoms with Gasteiger partial charge in [0, 0.05) is 30.6 Å². The first-order valence-corrected chi connectivity index (χ1v) is 10.00. The lowest BCUT2D eigenvalue weighted by Gasteiger charge is -2.23. The maximum Gasteiger partial charge on any atom is 0.258 e. The van der Waals surface area contributed by atoms with Gasteiger partial charge in [-0.2, -0.15) is 0 Å². The average molecular weight is 433 g/mol. The van der Waals surface area contributed by atoms with Gasteiger partial charge in [0.05, 0.1) is 24.1 Å². The Labute approximate surface area is 182 Å². The molecule has 0 aliphatic carbocycles. The minimum absolute atomic E-state index is 0.0868. The molecule has 0 unspecified atom stereocenters. The second kappa shape index (κ2) is 7.26. The maximum atomic E-state index is 14.0. The smallest absolute Gasteiger partial charge is 0.258 e. The lowest BCUT2D eigenvalue weighted by Crippen LogP contribution is -2.28. The highest BCUT2D eigenvalue weighted by molar-refractivity contribution is 5.95.